The third-order valence-electron chi connectivity index (χ3n) is 4.47. The molecule has 0 amide bonds. The standard InChI is InChI=1S/C19H32N4S/c1-5-20-19(21-12-16-7-6-10-23(3)14-16)22-13-17-9-8-15(2)11-18(17)24-4/h8-9,11,16H,5-7,10,12-14H2,1-4H3,(H2,20,21,22). The molecule has 1 unspecified atom stereocenters. The van der Waals surface area contributed by atoms with Crippen LogP contribution in [0.1, 0.15) is 30.9 Å². The molecule has 24 heavy (non-hydrogen) atoms. The molecule has 1 aromatic carbocycles. The van der Waals surface area contributed by atoms with Crippen LogP contribution in [0.15, 0.2) is 28.1 Å². The number of hydrogen-bond donors (Lipinski definition) is 2. The van der Waals surface area contributed by atoms with E-state index in [0.29, 0.717) is 5.92 Å². The van der Waals surface area contributed by atoms with Crippen LogP contribution in [-0.4, -0.2) is 50.3 Å². The van der Waals surface area contributed by atoms with Crippen molar-refractivity contribution in [3.63, 3.8) is 0 Å². The van der Waals surface area contributed by atoms with E-state index in [1.54, 1.807) is 11.8 Å². The van der Waals surface area contributed by atoms with Crippen LogP contribution in [0.3, 0.4) is 0 Å². The van der Waals surface area contributed by atoms with E-state index in [2.05, 4.69) is 60.9 Å². The lowest BCUT2D eigenvalue weighted by molar-refractivity contribution is 0.210. The highest BCUT2D eigenvalue weighted by molar-refractivity contribution is 7.98. The van der Waals surface area contributed by atoms with Gasteiger partial charge in [0.1, 0.15) is 0 Å². The third-order valence-corrected chi connectivity index (χ3v) is 5.29. The fraction of sp³-hybridized carbons (Fsp3) is 0.632. The van der Waals surface area contributed by atoms with Crippen molar-refractivity contribution in [2.24, 2.45) is 10.9 Å². The molecule has 1 aromatic rings. The SMILES string of the molecule is CCNC(=NCc1ccc(C)cc1SC)NCC1CCCN(C)C1. The fourth-order valence-corrected chi connectivity index (χ4v) is 3.87. The van der Waals surface area contributed by atoms with Crippen molar-refractivity contribution in [2.75, 3.05) is 39.5 Å². The van der Waals surface area contributed by atoms with Gasteiger partial charge in [-0.15, -0.1) is 11.8 Å². The van der Waals surface area contributed by atoms with Crippen molar-refractivity contribution < 1.29 is 0 Å². The Kier molecular flexibility index (Phi) is 7.92. The summed E-state index contributed by atoms with van der Waals surface area (Å²) in [5, 5.41) is 6.91. The van der Waals surface area contributed by atoms with Gasteiger partial charge in [0.15, 0.2) is 5.96 Å². The van der Waals surface area contributed by atoms with Crippen molar-refractivity contribution in [3.05, 3.63) is 29.3 Å². The maximum Gasteiger partial charge on any atom is 0.191 e. The van der Waals surface area contributed by atoms with Crippen LogP contribution < -0.4 is 10.6 Å². The first-order valence-electron chi connectivity index (χ1n) is 8.96. The molecule has 0 aliphatic carbocycles. The van der Waals surface area contributed by atoms with Gasteiger partial charge in [0.2, 0.25) is 0 Å². The molecule has 2 N–H and O–H groups in total. The number of likely N-dealkylation sites (tertiary alicyclic amines) is 1. The maximum absolute atomic E-state index is 4.79. The van der Waals surface area contributed by atoms with Gasteiger partial charge in [-0.2, -0.15) is 0 Å². The number of piperidine rings is 1. The fourth-order valence-electron chi connectivity index (χ4n) is 3.17. The molecule has 134 valence electrons. The lowest BCUT2D eigenvalue weighted by atomic mass is 9.99. The Balaban J connectivity index is 1.95. The molecule has 1 heterocycles. The van der Waals surface area contributed by atoms with E-state index in [1.807, 2.05) is 0 Å². The zero-order valence-corrected chi connectivity index (χ0v) is 16.4. The molecule has 0 spiro atoms. The zero-order chi connectivity index (χ0) is 17.4. The van der Waals surface area contributed by atoms with Gasteiger partial charge in [-0.3, -0.25) is 0 Å². The van der Waals surface area contributed by atoms with E-state index in [4.69, 9.17) is 4.99 Å². The summed E-state index contributed by atoms with van der Waals surface area (Å²) in [5.74, 6) is 1.65. The molecule has 1 aliphatic rings. The highest BCUT2D eigenvalue weighted by atomic mass is 32.2. The van der Waals surface area contributed by atoms with Gasteiger partial charge in [0, 0.05) is 24.5 Å². The number of guanidine groups is 1. The molecule has 4 nitrogen and oxygen atoms in total. The zero-order valence-electron chi connectivity index (χ0n) is 15.6. The Bertz CT molecular complexity index is 544. The third kappa shape index (κ3) is 6.02. The summed E-state index contributed by atoms with van der Waals surface area (Å²) in [6.45, 7) is 9.27. The Morgan fingerprint density at radius 2 is 2.21 bits per heavy atom. The highest BCUT2D eigenvalue weighted by Gasteiger charge is 2.17. The molecule has 0 radical (unpaired) electrons. The summed E-state index contributed by atoms with van der Waals surface area (Å²) in [6.07, 6.45) is 4.74. The molecule has 1 atom stereocenters. The van der Waals surface area contributed by atoms with Crippen LogP contribution in [0.25, 0.3) is 0 Å². The van der Waals surface area contributed by atoms with Gasteiger partial charge in [0.05, 0.1) is 6.54 Å². The number of nitrogens with zero attached hydrogens (tertiary/aromatic N) is 2. The second kappa shape index (κ2) is 9.94. The first kappa shape index (κ1) is 19.1. The molecule has 0 aromatic heterocycles. The Labute approximate surface area is 151 Å². The number of nitrogens with one attached hydrogen (secondary N) is 2. The number of aliphatic imine (C=N–C) groups is 1. The highest BCUT2D eigenvalue weighted by Crippen LogP contribution is 2.22. The summed E-state index contributed by atoms with van der Waals surface area (Å²) in [6, 6.07) is 6.61. The number of thioether (sulfide) groups is 1. The molecule has 5 heteroatoms. The predicted molar refractivity (Wildman–Crippen MR) is 106 cm³/mol. The van der Waals surface area contributed by atoms with E-state index in [1.165, 1.54) is 42.0 Å². The number of benzene rings is 1. The van der Waals surface area contributed by atoms with Gasteiger partial charge in [-0.05, 0) is 69.6 Å². The number of aryl methyl sites for hydroxylation is 1. The Morgan fingerprint density at radius 3 is 2.92 bits per heavy atom. The first-order valence-corrected chi connectivity index (χ1v) is 10.2. The van der Waals surface area contributed by atoms with Crippen LogP contribution in [0, 0.1) is 12.8 Å². The second-order valence-electron chi connectivity index (χ2n) is 6.66. The molecule has 0 saturated carbocycles. The van der Waals surface area contributed by atoms with E-state index >= 15 is 0 Å². The van der Waals surface area contributed by atoms with Crippen molar-refractivity contribution >= 4 is 17.7 Å². The summed E-state index contributed by atoms with van der Waals surface area (Å²) in [4.78, 5) is 8.54. The average molecular weight is 349 g/mol. The van der Waals surface area contributed by atoms with E-state index in [9.17, 15) is 0 Å². The molecule has 2 rings (SSSR count). The summed E-state index contributed by atoms with van der Waals surface area (Å²) in [5.41, 5.74) is 2.60. The lowest BCUT2D eigenvalue weighted by Crippen LogP contribution is -2.43. The smallest absolute Gasteiger partial charge is 0.191 e. The van der Waals surface area contributed by atoms with Crippen LogP contribution >= 0.6 is 11.8 Å². The monoisotopic (exact) mass is 348 g/mol. The minimum absolute atomic E-state index is 0.716. The van der Waals surface area contributed by atoms with Crippen LogP contribution in [0.5, 0.6) is 0 Å². The molecule has 1 fully saturated rings. The molecule has 1 aliphatic heterocycles. The quantitative estimate of drug-likeness (QED) is 0.471. The van der Waals surface area contributed by atoms with Gasteiger partial charge >= 0.3 is 0 Å². The largest absolute Gasteiger partial charge is 0.357 e. The number of rotatable bonds is 6. The summed E-state index contributed by atoms with van der Waals surface area (Å²) < 4.78 is 0. The van der Waals surface area contributed by atoms with E-state index in [0.717, 1.165) is 25.6 Å². The Hall–Kier alpha value is -1.20. The minimum atomic E-state index is 0.716. The summed E-state index contributed by atoms with van der Waals surface area (Å²) in [7, 11) is 2.22. The van der Waals surface area contributed by atoms with E-state index < -0.39 is 0 Å². The van der Waals surface area contributed by atoms with Crippen molar-refractivity contribution in [2.45, 2.75) is 38.1 Å². The van der Waals surface area contributed by atoms with Crippen molar-refractivity contribution in [1.82, 2.24) is 15.5 Å². The van der Waals surface area contributed by atoms with Crippen LogP contribution in [-0.2, 0) is 6.54 Å². The molecular formula is C19H32N4S. The van der Waals surface area contributed by atoms with Gasteiger partial charge in [0.25, 0.3) is 0 Å². The van der Waals surface area contributed by atoms with Crippen LogP contribution in [0.2, 0.25) is 0 Å². The van der Waals surface area contributed by atoms with Gasteiger partial charge < -0.3 is 15.5 Å². The lowest BCUT2D eigenvalue weighted by Gasteiger charge is -2.30. The topological polar surface area (TPSA) is 39.7 Å². The first-order chi connectivity index (χ1) is 11.6. The summed E-state index contributed by atoms with van der Waals surface area (Å²) >= 11 is 1.80. The predicted octanol–water partition coefficient (Wildman–Crippen LogP) is 3.11. The normalized spacial score (nSPS) is 19.3. The average Bonchev–Trinajstić information content (AvgIpc) is 2.58. The second-order valence-corrected chi connectivity index (χ2v) is 7.51. The Morgan fingerprint density at radius 1 is 1.38 bits per heavy atom. The van der Waals surface area contributed by atoms with Gasteiger partial charge in [-0.25, -0.2) is 4.99 Å². The van der Waals surface area contributed by atoms with Crippen molar-refractivity contribution in [1.29, 1.82) is 0 Å². The minimum Gasteiger partial charge on any atom is -0.357 e. The van der Waals surface area contributed by atoms with Gasteiger partial charge in [-0.1, -0.05) is 12.1 Å². The molecule has 0 bridgehead atoms. The molecule has 1 saturated heterocycles. The number of hydrogen-bond acceptors (Lipinski definition) is 3. The van der Waals surface area contributed by atoms with E-state index in [-0.39, 0.29) is 0 Å². The van der Waals surface area contributed by atoms with Crippen molar-refractivity contribution in [3.8, 4) is 0 Å². The van der Waals surface area contributed by atoms with Crippen LogP contribution in [0.4, 0.5) is 0 Å². The molecular weight excluding hydrogens is 316 g/mol. The maximum atomic E-state index is 4.79.